The zero-order chi connectivity index (χ0) is 23.8. The van der Waals surface area contributed by atoms with E-state index in [0.717, 1.165) is 22.8 Å². The number of rotatable bonds is 6. The average molecular weight is 492 g/mol. The largest absolute Gasteiger partial charge is 0.283 e. The molecule has 0 unspecified atom stereocenters. The lowest BCUT2D eigenvalue weighted by Crippen LogP contribution is -2.28. The minimum Gasteiger partial charge on any atom is -0.283 e. The number of benzene rings is 3. The molecule has 1 N–H and O–H groups in total. The van der Waals surface area contributed by atoms with E-state index in [1.807, 2.05) is 0 Å². The molecule has 0 radical (unpaired) electrons. The van der Waals surface area contributed by atoms with Crippen LogP contribution in [-0.4, -0.2) is 33.2 Å². The van der Waals surface area contributed by atoms with Crippen LogP contribution in [0.3, 0.4) is 0 Å². The minimum atomic E-state index is -4.36. The lowest BCUT2D eigenvalue weighted by atomic mass is 9.98. The van der Waals surface area contributed by atoms with Gasteiger partial charge in [0.05, 0.1) is 28.6 Å². The maximum absolute atomic E-state index is 14.7. The van der Waals surface area contributed by atoms with Crippen molar-refractivity contribution in [3.63, 3.8) is 0 Å². The first-order valence-corrected chi connectivity index (χ1v) is 13.1. The molecule has 0 fully saturated rings. The van der Waals surface area contributed by atoms with E-state index in [2.05, 4.69) is 9.82 Å². The summed E-state index contributed by atoms with van der Waals surface area (Å²) in [6.07, 6.45) is 0.959. The van der Waals surface area contributed by atoms with E-state index >= 15 is 0 Å². The Kier molecular flexibility index (Phi) is 5.93. The summed E-state index contributed by atoms with van der Waals surface area (Å²) in [5, 5.41) is 4.26. The summed E-state index contributed by atoms with van der Waals surface area (Å²) in [6.45, 7) is 0. The molecule has 0 saturated carbocycles. The summed E-state index contributed by atoms with van der Waals surface area (Å²) < 4.78 is 82.0. The van der Waals surface area contributed by atoms with E-state index in [1.165, 1.54) is 36.4 Å². The smallest absolute Gasteiger partial charge is 0.279 e. The van der Waals surface area contributed by atoms with Crippen LogP contribution < -0.4 is 4.72 Å². The monoisotopic (exact) mass is 491 g/mol. The highest BCUT2D eigenvalue weighted by atomic mass is 32.2. The van der Waals surface area contributed by atoms with Crippen molar-refractivity contribution in [2.24, 2.45) is 5.10 Å². The summed E-state index contributed by atoms with van der Waals surface area (Å²) in [5.74, 6) is -1.37. The van der Waals surface area contributed by atoms with E-state index in [1.54, 1.807) is 24.3 Å². The molecule has 0 aliphatic carbocycles. The molecule has 0 amide bonds. The lowest BCUT2D eigenvalue weighted by Gasteiger charge is -2.23. The van der Waals surface area contributed by atoms with Gasteiger partial charge in [0, 0.05) is 17.5 Å². The number of sulfonamides is 2. The van der Waals surface area contributed by atoms with Gasteiger partial charge in [-0.1, -0.05) is 42.5 Å². The van der Waals surface area contributed by atoms with Gasteiger partial charge in [-0.25, -0.2) is 17.2 Å². The van der Waals surface area contributed by atoms with Gasteiger partial charge >= 0.3 is 0 Å². The predicted molar refractivity (Wildman–Crippen MR) is 121 cm³/mol. The summed E-state index contributed by atoms with van der Waals surface area (Å²) in [7, 11) is -7.99. The quantitative estimate of drug-likeness (QED) is 0.566. The van der Waals surface area contributed by atoms with Crippen molar-refractivity contribution in [1.82, 2.24) is 4.41 Å². The van der Waals surface area contributed by atoms with E-state index in [-0.39, 0.29) is 28.3 Å². The average Bonchev–Trinajstić information content (AvgIpc) is 3.19. The molecule has 7 nitrogen and oxygen atoms in total. The Morgan fingerprint density at radius 3 is 2.33 bits per heavy atom. The molecule has 4 rings (SSSR count). The Morgan fingerprint density at radius 2 is 1.64 bits per heavy atom. The van der Waals surface area contributed by atoms with Crippen molar-refractivity contribution in [3.8, 4) is 0 Å². The molecular weight excluding hydrogens is 472 g/mol. The van der Waals surface area contributed by atoms with Gasteiger partial charge in [-0.3, -0.25) is 4.72 Å². The second kappa shape index (κ2) is 8.56. The molecule has 3 aromatic carbocycles. The van der Waals surface area contributed by atoms with Crippen LogP contribution in [0.2, 0.25) is 0 Å². The molecular formula is C22H19F2N3O4S2. The topological polar surface area (TPSA) is 95.9 Å². The predicted octanol–water partition coefficient (Wildman–Crippen LogP) is 3.88. The Bertz CT molecular complexity index is 1460. The molecule has 3 aromatic rings. The van der Waals surface area contributed by atoms with Gasteiger partial charge in [-0.15, -0.1) is 0 Å². The highest BCUT2D eigenvalue weighted by molar-refractivity contribution is 7.92. The zero-order valence-corrected chi connectivity index (χ0v) is 18.9. The summed E-state index contributed by atoms with van der Waals surface area (Å²) >= 11 is 0. The molecule has 33 heavy (non-hydrogen) atoms. The third kappa shape index (κ3) is 4.74. The Hall–Kier alpha value is -3.31. The Morgan fingerprint density at radius 1 is 0.939 bits per heavy atom. The van der Waals surface area contributed by atoms with Gasteiger partial charge in [0.25, 0.3) is 10.0 Å². The van der Waals surface area contributed by atoms with Crippen LogP contribution in [0, 0.1) is 11.6 Å². The number of anilines is 1. The van der Waals surface area contributed by atoms with Crippen molar-refractivity contribution >= 4 is 31.4 Å². The number of nitrogens with zero attached hydrogens (tertiary/aromatic N) is 2. The molecule has 0 bridgehead atoms. The number of para-hydroxylation sites is 1. The van der Waals surface area contributed by atoms with Crippen LogP contribution in [0.5, 0.6) is 0 Å². The third-order valence-corrected chi connectivity index (χ3v) is 7.28. The molecule has 1 aliphatic heterocycles. The molecule has 1 atom stereocenters. The number of nitrogens with one attached hydrogen (secondary N) is 1. The number of hydrazone groups is 1. The fourth-order valence-corrected chi connectivity index (χ4v) is 5.64. The van der Waals surface area contributed by atoms with Crippen LogP contribution in [-0.2, 0) is 20.0 Å². The second-order valence-corrected chi connectivity index (χ2v) is 11.0. The van der Waals surface area contributed by atoms with E-state index in [0.29, 0.717) is 5.56 Å². The number of hydrogen-bond acceptors (Lipinski definition) is 5. The van der Waals surface area contributed by atoms with Crippen molar-refractivity contribution in [1.29, 1.82) is 0 Å². The molecule has 1 heterocycles. The zero-order valence-electron chi connectivity index (χ0n) is 17.3. The first-order chi connectivity index (χ1) is 15.6. The van der Waals surface area contributed by atoms with Gasteiger partial charge in [0.1, 0.15) is 11.6 Å². The van der Waals surface area contributed by atoms with Crippen molar-refractivity contribution in [2.75, 3.05) is 11.0 Å². The van der Waals surface area contributed by atoms with Gasteiger partial charge in [0.15, 0.2) is 0 Å². The second-order valence-electron chi connectivity index (χ2n) is 7.44. The van der Waals surface area contributed by atoms with E-state index < -0.39 is 37.7 Å². The van der Waals surface area contributed by atoms with Crippen LogP contribution in [0.15, 0.2) is 82.8 Å². The third-order valence-electron chi connectivity index (χ3n) is 5.01. The Balaban J connectivity index is 1.86. The normalized spacial score (nSPS) is 16.5. The maximum Gasteiger partial charge on any atom is 0.279 e. The molecule has 1 aliphatic rings. The summed E-state index contributed by atoms with van der Waals surface area (Å²) in [4.78, 5) is -0.337. The van der Waals surface area contributed by atoms with Gasteiger partial charge in [-0.2, -0.15) is 17.9 Å². The molecule has 11 heteroatoms. The van der Waals surface area contributed by atoms with Crippen LogP contribution in [0.1, 0.15) is 23.6 Å². The lowest BCUT2D eigenvalue weighted by molar-refractivity contribution is 0.362. The number of hydrogen-bond donors (Lipinski definition) is 1. The van der Waals surface area contributed by atoms with E-state index in [9.17, 15) is 25.6 Å². The fraction of sp³-hybridized carbons (Fsp3) is 0.136. The highest BCUT2D eigenvalue weighted by Crippen LogP contribution is 2.39. The van der Waals surface area contributed by atoms with Crippen LogP contribution in [0.25, 0.3) is 0 Å². The van der Waals surface area contributed by atoms with Crippen molar-refractivity contribution < 1.29 is 25.6 Å². The van der Waals surface area contributed by atoms with Gasteiger partial charge in [0.2, 0.25) is 10.0 Å². The Labute approximate surface area is 190 Å². The molecule has 0 saturated heterocycles. The molecule has 0 aromatic heterocycles. The SMILES string of the molecule is CS(=O)(=O)Nc1ccccc1C1=NN(S(=O)(=O)c2cccc(F)c2)[C@H](c2ccccc2F)C1. The summed E-state index contributed by atoms with van der Waals surface area (Å²) in [5.41, 5.74) is 0.872. The maximum atomic E-state index is 14.7. The summed E-state index contributed by atoms with van der Waals surface area (Å²) in [6, 6.07) is 15.5. The first-order valence-electron chi connectivity index (χ1n) is 9.75. The fourth-order valence-electron chi connectivity index (χ4n) is 3.61. The minimum absolute atomic E-state index is 0.0298. The first kappa shape index (κ1) is 22.9. The highest BCUT2D eigenvalue weighted by Gasteiger charge is 2.39. The van der Waals surface area contributed by atoms with Crippen LogP contribution in [0.4, 0.5) is 14.5 Å². The number of halogens is 2. The van der Waals surface area contributed by atoms with Crippen molar-refractivity contribution in [3.05, 3.63) is 95.6 Å². The van der Waals surface area contributed by atoms with Gasteiger partial charge < -0.3 is 0 Å². The van der Waals surface area contributed by atoms with Gasteiger partial charge in [-0.05, 0) is 30.3 Å². The standard InChI is InChI=1S/C22H19F2N3O4S2/c1-32(28,29)26-20-12-5-3-10-18(20)21-14-22(17-9-2-4-11-19(17)24)27(25-21)33(30,31)16-8-6-7-15(23)13-16/h2-13,22,26H,14H2,1H3/t22-/m0/s1. The molecule has 0 spiro atoms. The van der Waals surface area contributed by atoms with Crippen LogP contribution >= 0.6 is 0 Å². The van der Waals surface area contributed by atoms with Crippen molar-refractivity contribution in [2.45, 2.75) is 17.4 Å². The van der Waals surface area contributed by atoms with E-state index in [4.69, 9.17) is 0 Å². The molecule has 172 valence electrons.